The number of anilines is 1. The Morgan fingerprint density at radius 1 is 1.17 bits per heavy atom. The SMILES string of the molecule is N#CC1CCCN(c2ncc(C3CCC3)cn2)C1. The molecule has 1 unspecified atom stereocenters. The number of nitrogens with zero attached hydrogens (tertiary/aromatic N) is 4. The van der Waals surface area contributed by atoms with E-state index in [2.05, 4.69) is 20.9 Å². The molecule has 2 heterocycles. The Bertz CT molecular complexity index is 444. The lowest BCUT2D eigenvalue weighted by Crippen LogP contribution is -2.36. The molecule has 0 N–H and O–H groups in total. The highest BCUT2D eigenvalue weighted by Crippen LogP contribution is 2.35. The molecule has 3 rings (SSSR count). The van der Waals surface area contributed by atoms with Crippen molar-refractivity contribution in [1.82, 2.24) is 9.97 Å². The van der Waals surface area contributed by atoms with Crippen molar-refractivity contribution in [3.05, 3.63) is 18.0 Å². The van der Waals surface area contributed by atoms with E-state index in [4.69, 9.17) is 5.26 Å². The normalized spacial score (nSPS) is 24.4. The van der Waals surface area contributed by atoms with Gasteiger partial charge in [-0.15, -0.1) is 0 Å². The molecule has 94 valence electrons. The molecule has 4 nitrogen and oxygen atoms in total. The van der Waals surface area contributed by atoms with Crippen molar-refractivity contribution in [2.24, 2.45) is 5.92 Å². The average molecular weight is 242 g/mol. The van der Waals surface area contributed by atoms with Gasteiger partial charge in [0.1, 0.15) is 0 Å². The predicted molar refractivity (Wildman–Crippen MR) is 69.2 cm³/mol. The minimum Gasteiger partial charge on any atom is -0.340 e. The van der Waals surface area contributed by atoms with E-state index in [0.717, 1.165) is 31.9 Å². The van der Waals surface area contributed by atoms with Crippen LogP contribution in [-0.4, -0.2) is 23.1 Å². The van der Waals surface area contributed by atoms with Crippen molar-refractivity contribution in [2.75, 3.05) is 18.0 Å². The number of aromatic nitrogens is 2. The number of nitriles is 1. The first kappa shape index (κ1) is 11.5. The lowest BCUT2D eigenvalue weighted by molar-refractivity contribution is 0.417. The Kier molecular flexibility index (Phi) is 3.14. The molecule has 1 saturated heterocycles. The van der Waals surface area contributed by atoms with Crippen LogP contribution in [0.2, 0.25) is 0 Å². The van der Waals surface area contributed by atoms with Gasteiger partial charge in [-0.1, -0.05) is 6.42 Å². The molecule has 1 aliphatic carbocycles. The van der Waals surface area contributed by atoms with Crippen molar-refractivity contribution < 1.29 is 0 Å². The monoisotopic (exact) mass is 242 g/mol. The molecule has 1 aromatic heterocycles. The lowest BCUT2D eigenvalue weighted by atomic mass is 9.81. The van der Waals surface area contributed by atoms with Gasteiger partial charge < -0.3 is 4.90 Å². The van der Waals surface area contributed by atoms with Gasteiger partial charge in [0.2, 0.25) is 5.95 Å². The first-order chi connectivity index (χ1) is 8.86. The quantitative estimate of drug-likeness (QED) is 0.799. The van der Waals surface area contributed by atoms with Crippen LogP contribution < -0.4 is 4.90 Å². The van der Waals surface area contributed by atoms with Crippen LogP contribution in [0, 0.1) is 17.2 Å². The summed E-state index contributed by atoms with van der Waals surface area (Å²) in [5, 5.41) is 8.99. The van der Waals surface area contributed by atoms with Gasteiger partial charge in [-0.05, 0) is 37.2 Å². The maximum absolute atomic E-state index is 8.99. The number of rotatable bonds is 2. The zero-order chi connectivity index (χ0) is 12.4. The van der Waals surface area contributed by atoms with Crippen molar-refractivity contribution >= 4 is 5.95 Å². The minimum absolute atomic E-state index is 0.133. The van der Waals surface area contributed by atoms with Crippen LogP contribution in [-0.2, 0) is 0 Å². The molecule has 0 radical (unpaired) electrons. The van der Waals surface area contributed by atoms with Gasteiger partial charge in [-0.2, -0.15) is 5.26 Å². The van der Waals surface area contributed by atoms with Crippen molar-refractivity contribution in [3.8, 4) is 6.07 Å². The highest BCUT2D eigenvalue weighted by molar-refractivity contribution is 5.32. The molecular formula is C14H18N4. The fourth-order valence-electron chi connectivity index (χ4n) is 2.71. The van der Waals surface area contributed by atoms with Crippen molar-refractivity contribution in [3.63, 3.8) is 0 Å². The van der Waals surface area contributed by atoms with Crippen LogP contribution in [0.3, 0.4) is 0 Å². The maximum atomic E-state index is 8.99. The Morgan fingerprint density at radius 2 is 1.94 bits per heavy atom. The molecule has 0 spiro atoms. The standard InChI is InChI=1S/C14H18N4/c15-7-11-3-2-6-18(10-11)14-16-8-13(9-17-14)12-4-1-5-12/h8-9,11-12H,1-6,10H2. The third kappa shape index (κ3) is 2.17. The van der Waals surface area contributed by atoms with E-state index < -0.39 is 0 Å². The molecule has 0 aromatic carbocycles. The highest BCUT2D eigenvalue weighted by atomic mass is 15.2. The van der Waals surface area contributed by atoms with Crippen LogP contribution in [0.5, 0.6) is 0 Å². The van der Waals surface area contributed by atoms with Gasteiger partial charge in [0.25, 0.3) is 0 Å². The first-order valence-electron chi connectivity index (χ1n) is 6.83. The average Bonchev–Trinajstić information content (AvgIpc) is 2.38. The van der Waals surface area contributed by atoms with E-state index in [-0.39, 0.29) is 5.92 Å². The molecule has 2 aliphatic rings. The van der Waals surface area contributed by atoms with Gasteiger partial charge >= 0.3 is 0 Å². The number of hydrogen-bond donors (Lipinski definition) is 0. The van der Waals surface area contributed by atoms with Crippen LogP contribution in [0.25, 0.3) is 0 Å². The van der Waals surface area contributed by atoms with E-state index in [1.165, 1.54) is 24.8 Å². The third-order valence-electron chi connectivity index (χ3n) is 4.12. The predicted octanol–water partition coefficient (Wildman–Crippen LogP) is 2.48. The molecule has 18 heavy (non-hydrogen) atoms. The van der Waals surface area contributed by atoms with Gasteiger partial charge in [-0.25, -0.2) is 9.97 Å². The topological polar surface area (TPSA) is 52.8 Å². The molecule has 0 bridgehead atoms. The highest BCUT2D eigenvalue weighted by Gasteiger charge is 2.23. The molecule has 2 fully saturated rings. The molecule has 1 saturated carbocycles. The third-order valence-corrected chi connectivity index (χ3v) is 4.12. The van der Waals surface area contributed by atoms with E-state index in [1.54, 1.807) is 0 Å². The minimum atomic E-state index is 0.133. The lowest BCUT2D eigenvalue weighted by Gasteiger charge is -2.30. The van der Waals surface area contributed by atoms with Crippen LogP contribution in [0.1, 0.15) is 43.6 Å². The van der Waals surface area contributed by atoms with E-state index in [0.29, 0.717) is 5.92 Å². The number of hydrogen-bond acceptors (Lipinski definition) is 4. The van der Waals surface area contributed by atoms with Crippen LogP contribution in [0.15, 0.2) is 12.4 Å². The second-order valence-electron chi connectivity index (χ2n) is 5.36. The summed E-state index contributed by atoms with van der Waals surface area (Å²) in [5.41, 5.74) is 1.28. The summed E-state index contributed by atoms with van der Waals surface area (Å²) in [6.07, 6.45) is 9.91. The molecule has 0 amide bonds. The Labute approximate surface area is 108 Å². The van der Waals surface area contributed by atoms with Crippen molar-refractivity contribution in [1.29, 1.82) is 5.26 Å². The smallest absolute Gasteiger partial charge is 0.225 e. The Morgan fingerprint density at radius 3 is 2.56 bits per heavy atom. The second kappa shape index (κ2) is 4.93. The summed E-state index contributed by atoms with van der Waals surface area (Å²) in [6.45, 7) is 1.75. The zero-order valence-electron chi connectivity index (χ0n) is 10.5. The zero-order valence-corrected chi connectivity index (χ0v) is 10.5. The van der Waals surface area contributed by atoms with Gasteiger partial charge in [0.05, 0.1) is 12.0 Å². The summed E-state index contributed by atoms with van der Waals surface area (Å²) in [6, 6.07) is 2.35. The molecular weight excluding hydrogens is 224 g/mol. The van der Waals surface area contributed by atoms with E-state index in [1.807, 2.05) is 12.4 Å². The fourth-order valence-corrected chi connectivity index (χ4v) is 2.71. The molecule has 1 aromatic rings. The Hall–Kier alpha value is -1.63. The summed E-state index contributed by atoms with van der Waals surface area (Å²) < 4.78 is 0. The van der Waals surface area contributed by atoms with Crippen LogP contribution in [0.4, 0.5) is 5.95 Å². The summed E-state index contributed by atoms with van der Waals surface area (Å²) in [4.78, 5) is 11.1. The van der Waals surface area contributed by atoms with E-state index >= 15 is 0 Å². The summed E-state index contributed by atoms with van der Waals surface area (Å²) >= 11 is 0. The first-order valence-corrected chi connectivity index (χ1v) is 6.83. The molecule has 4 heteroatoms. The molecule has 1 atom stereocenters. The van der Waals surface area contributed by atoms with Gasteiger partial charge in [0.15, 0.2) is 0 Å². The van der Waals surface area contributed by atoms with Crippen LogP contribution >= 0.6 is 0 Å². The fraction of sp³-hybridized carbons (Fsp3) is 0.643. The Balaban J connectivity index is 1.70. The number of piperidine rings is 1. The van der Waals surface area contributed by atoms with Gasteiger partial charge in [-0.3, -0.25) is 0 Å². The summed E-state index contributed by atoms with van der Waals surface area (Å²) in [7, 11) is 0. The largest absolute Gasteiger partial charge is 0.340 e. The van der Waals surface area contributed by atoms with Crippen molar-refractivity contribution in [2.45, 2.75) is 38.0 Å². The van der Waals surface area contributed by atoms with Gasteiger partial charge in [0, 0.05) is 25.5 Å². The molecule has 1 aliphatic heterocycles. The maximum Gasteiger partial charge on any atom is 0.225 e. The second-order valence-corrected chi connectivity index (χ2v) is 5.36. The van der Waals surface area contributed by atoms with E-state index in [9.17, 15) is 0 Å². The summed E-state index contributed by atoms with van der Waals surface area (Å²) in [5.74, 6) is 1.61.